The molecule has 2 saturated heterocycles. The number of fused-ring (bicyclic) bond motifs is 3. The molecule has 2 aliphatic heterocycles. The van der Waals surface area contributed by atoms with E-state index in [2.05, 4.69) is 9.97 Å². The van der Waals surface area contributed by atoms with Gasteiger partial charge < -0.3 is 18.9 Å². The van der Waals surface area contributed by atoms with E-state index >= 15 is 0 Å². The number of aromatic nitrogens is 2. The normalized spacial score (nSPS) is 23.3. The van der Waals surface area contributed by atoms with Gasteiger partial charge in [-0.1, -0.05) is 20.8 Å². The SMILES string of the molecule is Cc1c(Oc2ccc3c(c2)CCC3=O)ncnc1OC1CC2COCC(C1)N2C(=O)OCC(C)(C)C. The molecule has 5 rings (SSSR count). The highest BCUT2D eigenvalue weighted by Crippen LogP contribution is 2.34. The van der Waals surface area contributed by atoms with Crippen LogP contribution in [-0.2, 0) is 15.9 Å². The molecule has 1 aliphatic carbocycles. The standard InChI is InChI=1S/C27H33N3O6/c1-16-24(35-20-6-7-22-17(9-20)5-8-23(22)31)28-15-29-25(16)36-21-10-18-12-33-13-19(11-21)30(18)26(32)34-14-27(2,3)4/h6-7,9,15,18-19,21H,5,8,10-14H2,1-4H3. The number of morpholine rings is 1. The Morgan fingerprint density at radius 1 is 1.11 bits per heavy atom. The topological polar surface area (TPSA) is 100 Å². The zero-order chi connectivity index (χ0) is 25.4. The van der Waals surface area contributed by atoms with E-state index in [9.17, 15) is 9.59 Å². The lowest BCUT2D eigenvalue weighted by molar-refractivity contribution is -0.0928. The number of nitrogens with zero attached hydrogens (tertiary/aromatic N) is 3. The van der Waals surface area contributed by atoms with Crippen molar-refractivity contribution in [1.82, 2.24) is 14.9 Å². The number of carbonyl (C=O) groups is 2. The molecule has 3 aliphatic rings. The van der Waals surface area contributed by atoms with Crippen LogP contribution in [-0.4, -0.2) is 64.8 Å². The van der Waals surface area contributed by atoms with E-state index in [1.807, 2.05) is 44.7 Å². The van der Waals surface area contributed by atoms with Gasteiger partial charge in [0.1, 0.15) is 18.2 Å². The van der Waals surface area contributed by atoms with Crippen molar-refractivity contribution in [3.05, 3.63) is 41.2 Å². The van der Waals surface area contributed by atoms with Crippen molar-refractivity contribution in [2.45, 2.75) is 71.6 Å². The van der Waals surface area contributed by atoms with E-state index in [0.717, 1.165) is 17.5 Å². The lowest BCUT2D eigenvalue weighted by Crippen LogP contribution is -2.61. The molecular weight excluding hydrogens is 462 g/mol. The Bertz CT molecular complexity index is 1150. The number of hydrogen-bond acceptors (Lipinski definition) is 8. The Kier molecular flexibility index (Phi) is 6.59. The molecule has 36 heavy (non-hydrogen) atoms. The second-order valence-corrected chi connectivity index (χ2v) is 11.0. The Morgan fingerprint density at radius 3 is 2.56 bits per heavy atom. The van der Waals surface area contributed by atoms with Crippen LogP contribution >= 0.6 is 0 Å². The van der Waals surface area contributed by atoms with Crippen LogP contribution in [0.3, 0.4) is 0 Å². The summed E-state index contributed by atoms with van der Waals surface area (Å²) in [5, 5.41) is 0. The van der Waals surface area contributed by atoms with Gasteiger partial charge in [-0.15, -0.1) is 0 Å². The fourth-order valence-electron chi connectivity index (χ4n) is 5.02. The molecule has 2 unspecified atom stereocenters. The van der Waals surface area contributed by atoms with Gasteiger partial charge in [-0.05, 0) is 42.5 Å². The maximum Gasteiger partial charge on any atom is 0.410 e. The Labute approximate surface area is 211 Å². The molecule has 0 radical (unpaired) electrons. The number of aryl methyl sites for hydroxylation is 1. The van der Waals surface area contributed by atoms with Crippen LogP contribution in [0.4, 0.5) is 4.79 Å². The van der Waals surface area contributed by atoms with Crippen molar-refractivity contribution in [3.8, 4) is 17.5 Å². The van der Waals surface area contributed by atoms with Crippen molar-refractivity contribution in [2.75, 3.05) is 19.8 Å². The number of ether oxygens (including phenoxy) is 4. The minimum absolute atomic E-state index is 0.0930. The van der Waals surface area contributed by atoms with E-state index in [-0.39, 0.29) is 35.5 Å². The lowest BCUT2D eigenvalue weighted by Gasteiger charge is -2.47. The van der Waals surface area contributed by atoms with Crippen molar-refractivity contribution in [1.29, 1.82) is 0 Å². The molecule has 2 fully saturated rings. The zero-order valence-electron chi connectivity index (χ0n) is 21.3. The number of Topliss-reactive ketones (excluding diaryl/α,β-unsaturated/α-hetero) is 1. The number of ketones is 1. The third-order valence-corrected chi connectivity index (χ3v) is 6.80. The van der Waals surface area contributed by atoms with Crippen molar-refractivity contribution >= 4 is 11.9 Å². The second kappa shape index (κ2) is 9.69. The summed E-state index contributed by atoms with van der Waals surface area (Å²) in [5.41, 5.74) is 2.38. The molecule has 192 valence electrons. The number of hydrogen-bond donors (Lipinski definition) is 0. The van der Waals surface area contributed by atoms with Gasteiger partial charge in [-0.3, -0.25) is 9.69 Å². The quantitative estimate of drug-likeness (QED) is 0.598. The highest BCUT2D eigenvalue weighted by molar-refractivity contribution is 6.00. The molecule has 2 atom stereocenters. The molecule has 0 N–H and O–H groups in total. The number of piperidine rings is 1. The largest absolute Gasteiger partial charge is 0.474 e. The van der Waals surface area contributed by atoms with Crippen molar-refractivity contribution in [2.24, 2.45) is 5.41 Å². The summed E-state index contributed by atoms with van der Waals surface area (Å²) >= 11 is 0. The molecule has 1 aromatic heterocycles. The number of rotatable bonds is 5. The Hall–Kier alpha value is -3.20. The van der Waals surface area contributed by atoms with Crippen LogP contribution in [0, 0.1) is 12.3 Å². The van der Waals surface area contributed by atoms with Crippen LogP contribution in [0.25, 0.3) is 0 Å². The van der Waals surface area contributed by atoms with Gasteiger partial charge in [0.15, 0.2) is 5.78 Å². The van der Waals surface area contributed by atoms with E-state index in [4.69, 9.17) is 18.9 Å². The van der Waals surface area contributed by atoms with Crippen LogP contribution in [0.1, 0.15) is 61.5 Å². The minimum Gasteiger partial charge on any atom is -0.474 e. The van der Waals surface area contributed by atoms with Gasteiger partial charge in [0.25, 0.3) is 0 Å². The number of carbonyl (C=O) groups excluding carboxylic acids is 2. The van der Waals surface area contributed by atoms with Crippen LogP contribution < -0.4 is 9.47 Å². The van der Waals surface area contributed by atoms with Gasteiger partial charge in [-0.25, -0.2) is 14.8 Å². The molecule has 0 saturated carbocycles. The second-order valence-electron chi connectivity index (χ2n) is 11.0. The first-order valence-electron chi connectivity index (χ1n) is 12.5. The summed E-state index contributed by atoms with van der Waals surface area (Å²) in [6.45, 7) is 9.27. The predicted molar refractivity (Wildman–Crippen MR) is 131 cm³/mol. The Balaban J connectivity index is 1.26. The third kappa shape index (κ3) is 5.16. The molecule has 1 aromatic carbocycles. The maximum absolute atomic E-state index is 12.8. The van der Waals surface area contributed by atoms with Gasteiger partial charge in [0.2, 0.25) is 11.8 Å². The minimum atomic E-state index is -0.286. The molecule has 2 bridgehead atoms. The molecule has 9 heteroatoms. The molecular formula is C27H33N3O6. The van der Waals surface area contributed by atoms with E-state index in [1.165, 1.54) is 6.33 Å². The van der Waals surface area contributed by atoms with Crippen LogP contribution in [0.5, 0.6) is 17.5 Å². The van der Waals surface area contributed by atoms with Gasteiger partial charge in [-0.2, -0.15) is 0 Å². The maximum atomic E-state index is 12.8. The smallest absolute Gasteiger partial charge is 0.410 e. The number of amides is 1. The predicted octanol–water partition coefficient (Wildman–Crippen LogP) is 4.50. The molecule has 0 spiro atoms. The first-order chi connectivity index (χ1) is 17.2. The summed E-state index contributed by atoms with van der Waals surface area (Å²) in [6, 6.07) is 5.29. The van der Waals surface area contributed by atoms with Gasteiger partial charge in [0, 0.05) is 24.8 Å². The highest BCUT2D eigenvalue weighted by atomic mass is 16.6. The summed E-state index contributed by atoms with van der Waals surface area (Å²) in [5.74, 6) is 1.68. The molecule has 1 amide bonds. The monoisotopic (exact) mass is 495 g/mol. The first kappa shape index (κ1) is 24.5. The fourth-order valence-corrected chi connectivity index (χ4v) is 5.02. The fraction of sp³-hybridized carbons (Fsp3) is 0.556. The van der Waals surface area contributed by atoms with Crippen LogP contribution in [0.15, 0.2) is 24.5 Å². The van der Waals surface area contributed by atoms with E-state index in [1.54, 1.807) is 6.07 Å². The van der Waals surface area contributed by atoms with Gasteiger partial charge >= 0.3 is 6.09 Å². The van der Waals surface area contributed by atoms with Crippen LogP contribution in [0.2, 0.25) is 0 Å². The first-order valence-corrected chi connectivity index (χ1v) is 12.5. The average molecular weight is 496 g/mol. The van der Waals surface area contributed by atoms with Crippen molar-refractivity contribution in [3.63, 3.8) is 0 Å². The lowest BCUT2D eigenvalue weighted by atomic mass is 9.92. The van der Waals surface area contributed by atoms with Gasteiger partial charge in [0.05, 0.1) is 37.5 Å². The molecule has 9 nitrogen and oxygen atoms in total. The summed E-state index contributed by atoms with van der Waals surface area (Å²) < 4.78 is 23.7. The summed E-state index contributed by atoms with van der Waals surface area (Å²) in [4.78, 5) is 35.2. The average Bonchev–Trinajstić information content (AvgIpc) is 3.19. The Morgan fingerprint density at radius 2 is 1.83 bits per heavy atom. The summed E-state index contributed by atoms with van der Waals surface area (Å²) in [7, 11) is 0. The molecule has 3 heterocycles. The van der Waals surface area contributed by atoms with Crippen molar-refractivity contribution < 1.29 is 28.5 Å². The summed E-state index contributed by atoms with van der Waals surface area (Å²) in [6.07, 6.45) is 3.55. The zero-order valence-corrected chi connectivity index (χ0v) is 21.3. The molecule has 2 aromatic rings. The third-order valence-electron chi connectivity index (χ3n) is 6.80. The van der Waals surface area contributed by atoms with E-state index in [0.29, 0.717) is 62.2 Å². The number of benzene rings is 1. The highest BCUT2D eigenvalue weighted by Gasteiger charge is 2.43. The van der Waals surface area contributed by atoms with E-state index < -0.39 is 0 Å².